The number of amides is 2. The monoisotopic (exact) mass is 346 g/mol. The summed E-state index contributed by atoms with van der Waals surface area (Å²) in [4.78, 5) is 35.8. The van der Waals surface area contributed by atoms with Crippen LogP contribution in [0, 0.1) is 10.1 Å². The number of aromatic nitrogens is 2. The van der Waals surface area contributed by atoms with Crippen LogP contribution in [0.5, 0.6) is 0 Å². The molecule has 0 unspecified atom stereocenters. The maximum atomic E-state index is 12.0. The molecule has 25 heavy (non-hydrogen) atoms. The molecule has 10 heteroatoms. The van der Waals surface area contributed by atoms with E-state index in [1.807, 2.05) is 0 Å². The Morgan fingerprint density at radius 2 is 2.04 bits per heavy atom. The van der Waals surface area contributed by atoms with Gasteiger partial charge >= 0.3 is 0 Å². The number of nitro groups is 1. The molecule has 0 aliphatic carbocycles. The Labute approximate surface area is 143 Å². The minimum absolute atomic E-state index is 0.0562. The quantitative estimate of drug-likeness (QED) is 0.513. The van der Waals surface area contributed by atoms with E-state index in [0.717, 1.165) is 0 Å². The van der Waals surface area contributed by atoms with Crippen molar-refractivity contribution in [1.29, 1.82) is 0 Å². The van der Waals surface area contributed by atoms with Gasteiger partial charge in [0.25, 0.3) is 11.6 Å². The van der Waals surface area contributed by atoms with Crippen LogP contribution in [0.2, 0.25) is 0 Å². The van der Waals surface area contributed by atoms with Crippen molar-refractivity contribution in [3.05, 3.63) is 46.1 Å². The number of nitrogens with zero attached hydrogens (tertiary/aromatic N) is 3. The standard InChI is InChI=1S/C15H18N6O4/c1-20(2)15(23)10-9-17-19-14(10)18-13(22)7-8-16-11-5-3-4-6-12(11)21(24)25/h3-6,9,16H,7-8H2,1-2H3,(H2,17,18,19,22). The third-order valence-corrected chi connectivity index (χ3v) is 3.31. The summed E-state index contributed by atoms with van der Waals surface area (Å²) in [6, 6.07) is 6.18. The van der Waals surface area contributed by atoms with Crippen LogP contribution in [-0.4, -0.2) is 52.5 Å². The number of nitrogens with one attached hydrogen (secondary N) is 3. The first kappa shape index (κ1) is 17.9. The molecule has 0 aliphatic heterocycles. The molecule has 10 nitrogen and oxygen atoms in total. The van der Waals surface area contributed by atoms with Gasteiger partial charge in [0.15, 0.2) is 0 Å². The molecule has 2 amide bonds. The van der Waals surface area contributed by atoms with Crippen molar-refractivity contribution in [3.8, 4) is 0 Å². The van der Waals surface area contributed by atoms with E-state index in [-0.39, 0.29) is 41.8 Å². The van der Waals surface area contributed by atoms with Crippen molar-refractivity contribution in [2.24, 2.45) is 0 Å². The Kier molecular flexibility index (Phi) is 5.66. The van der Waals surface area contributed by atoms with Gasteiger partial charge in [-0.15, -0.1) is 0 Å². The fourth-order valence-electron chi connectivity index (χ4n) is 2.08. The second-order valence-electron chi connectivity index (χ2n) is 5.36. The first-order valence-corrected chi connectivity index (χ1v) is 7.42. The van der Waals surface area contributed by atoms with Gasteiger partial charge in [0, 0.05) is 33.1 Å². The highest BCUT2D eigenvalue weighted by molar-refractivity contribution is 6.02. The zero-order valence-electron chi connectivity index (χ0n) is 13.8. The van der Waals surface area contributed by atoms with Gasteiger partial charge in [-0.25, -0.2) is 0 Å². The third-order valence-electron chi connectivity index (χ3n) is 3.31. The van der Waals surface area contributed by atoms with E-state index < -0.39 is 4.92 Å². The molecule has 1 heterocycles. The molecule has 0 bridgehead atoms. The maximum Gasteiger partial charge on any atom is 0.292 e. The molecule has 0 spiro atoms. The summed E-state index contributed by atoms with van der Waals surface area (Å²) in [6.07, 6.45) is 1.39. The molecule has 0 radical (unpaired) electrons. The van der Waals surface area contributed by atoms with Gasteiger partial charge in [-0.1, -0.05) is 12.1 Å². The Bertz CT molecular complexity index is 786. The Hall–Kier alpha value is -3.43. The highest BCUT2D eigenvalue weighted by Gasteiger charge is 2.17. The number of carbonyl (C=O) groups is 2. The van der Waals surface area contributed by atoms with Gasteiger partial charge in [0.2, 0.25) is 5.91 Å². The number of benzene rings is 1. The smallest absolute Gasteiger partial charge is 0.292 e. The van der Waals surface area contributed by atoms with E-state index in [0.29, 0.717) is 5.69 Å². The summed E-state index contributed by atoms with van der Waals surface area (Å²) in [7, 11) is 3.19. The van der Waals surface area contributed by atoms with Crippen molar-refractivity contribution >= 4 is 29.0 Å². The number of aromatic amines is 1. The van der Waals surface area contributed by atoms with Crippen LogP contribution >= 0.6 is 0 Å². The molecule has 0 saturated carbocycles. The zero-order valence-corrected chi connectivity index (χ0v) is 13.8. The van der Waals surface area contributed by atoms with E-state index in [4.69, 9.17) is 0 Å². The predicted octanol–water partition coefficient (Wildman–Crippen LogP) is 1.46. The van der Waals surface area contributed by atoms with Crippen LogP contribution in [0.3, 0.4) is 0 Å². The number of rotatable bonds is 7. The van der Waals surface area contributed by atoms with Crippen molar-refractivity contribution in [2.75, 3.05) is 31.3 Å². The molecule has 2 aromatic rings. The summed E-state index contributed by atoms with van der Waals surface area (Å²) in [5, 5.41) is 22.7. The summed E-state index contributed by atoms with van der Waals surface area (Å²) >= 11 is 0. The Morgan fingerprint density at radius 3 is 2.72 bits per heavy atom. The number of anilines is 2. The zero-order chi connectivity index (χ0) is 18.4. The van der Waals surface area contributed by atoms with E-state index >= 15 is 0 Å². The minimum atomic E-state index is -0.494. The molecule has 0 aliphatic rings. The fourth-order valence-corrected chi connectivity index (χ4v) is 2.08. The highest BCUT2D eigenvalue weighted by Crippen LogP contribution is 2.23. The number of hydrogen-bond donors (Lipinski definition) is 3. The molecule has 0 fully saturated rings. The van der Waals surface area contributed by atoms with Gasteiger partial charge in [0.05, 0.1) is 11.1 Å². The summed E-state index contributed by atoms with van der Waals surface area (Å²) < 4.78 is 0. The molecule has 2 rings (SSSR count). The molecule has 0 atom stereocenters. The number of H-pyrrole nitrogens is 1. The largest absolute Gasteiger partial charge is 0.379 e. The van der Waals surface area contributed by atoms with Crippen molar-refractivity contribution in [1.82, 2.24) is 15.1 Å². The highest BCUT2D eigenvalue weighted by atomic mass is 16.6. The number of hydrogen-bond acceptors (Lipinski definition) is 6. The van der Waals surface area contributed by atoms with Gasteiger partial charge in [-0.3, -0.25) is 24.8 Å². The van der Waals surface area contributed by atoms with Crippen LogP contribution in [0.25, 0.3) is 0 Å². The number of carbonyl (C=O) groups excluding carboxylic acids is 2. The van der Waals surface area contributed by atoms with Crippen LogP contribution < -0.4 is 10.6 Å². The molecule has 3 N–H and O–H groups in total. The normalized spacial score (nSPS) is 10.2. The lowest BCUT2D eigenvalue weighted by Gasteiger charge is -2.11. The molecule has 0 saturated heterocycles. The Morgan fingerprint density at radius 1 is 1.32 bits per heavy atom. The van der Waals surface area contributed by atoms with E-state index in [2.05, 4.69) is 20.8 Å². The third kappa shape index (κ3) is 4.53. The molecule has 1 aromatic carbocycles. The lowest BCUT2D eigenvalue weighted by Crippen LogP contribution is -2.24. The summed E-state index contributed by atoms with van der Waals surface area (Å²) in [5.41, 5.74) is 0.533. The number of para-hydroxylation sites is 2. The van der Waals surface area contributed by atoms with Crippen LogP contribution in [0.1, 0.15) is 16.8 Å². The SMILES string of the molecule is CN(C)C(=O)c1cn[nH]c1NC(=O)CCNc1ccccc1[N+](=O)[O-]. The topological polar surface area (TPSA) is 133 Å². The maximum absolute atomic E-state index is 12.0. The molecule has 1 aromatic heterocycles. The minimum Gasteiger partial charge on any atom is -0.379 e. The van der Waals surface area contributed by atoms with Gasteiger partial charge in [-0.05, 0) is 6.07 Å². The first-order chi connectivity index (χ1) is 11.9. The molecular formula is C15H18N6O4. The van der Waals surface area contributed by atoms with E-state index in [9.17, 15) is 19.7 Å². The fraction of sp³-hybridized carbons (Fsp3) is 0.267. The average Bonchev–Trinajstić information content (AvgIpc) is 3.02. The van der Waals surface area contributed by atoms with E-state index in [1.54, 1.807) is 32.3 Å². The summed E-state index contributed by atoms with van der Waals surface area (Å²) in [6.45, 7) is 0.196. The van der Waals surface area contributed by atoms with Gasteiger partial charge in [0.1, 0.15) is 17.1 Å². The van der Waals surface area contributed by atoms with Crippen LogP contribution in [0.15, 0.2) is 30.5 Å². The van der Waals surface area contributed by atoms with Crippen molar-refractivity contribution in [3.63, 3.8) is 0 Å². The summed E-state index contributed by atoms with van der Waals surface area (Å²) in [5.74, 6) is -0.431. The van der Waals surface area contributed by atoms with Crippen molar-refractivity contribution < 1.29 is 14.5 Å². The Balaban J connectivity index is 1.92. The van der Waals surface area contributed by atoms with Gasteiger partial charge < -0.3 is 15.5 Å². The first-order valence-electron chi connectivity index (χ1n) is 7.42. The van der Waals surface area contributed by atoms with Crippen LogP contribution in [0.4, 0.5) is 17.2 Å². The number of nitro benzene ring substituents is 1. The predicted molar refractivity (Wildman–Crippen MR) is 91.4 cm³/mol. The second-order valence-corrected chi connectivity index (χ2v) is 5.36. The van der Waals surface area contributed by atoms with Crippen LogP contribution in [-0.2, 0) is 4.79 Å². The lowest BCUT2D eigenvalue weighted by molar-refractivity contribution is -0.384. The average molecular weight is 346 g/mol. The van der Waals surface area contributed by atoms with Crippen molar-refractivity contribution in [2.45, 2.75) is 6.42 Å². The molecule has 132 valence electrons. The molecular weight excluding hydrogens is 328 g/mol. The van der Waals surface area contributed by atoms with E-state index in [1.165, 1.54) is 17.2 Å². The lowest BCUT2D eigenvalue weighted by atomic mass is 10.2. The van der Waals surface area contributed by atoms with Gasteiger partial charge in [-0.2, -0.15) is 5.10 Å². The second kappa shape index (κ2) is 7.90.